The maximum absolute atomic E-state index is 11.9. The van der Waals surface area contributed by atoms with Gasteiger partial charge in [0.15, 0.2) is 0 Å². The van der Waals surface area contributed by atoms with Gasteiger partial charge in [-0.05, 0) is 24.8 Å². The molecule has 0 radical (unpaired) electrons. The fourth-order valence-electron chi connectivity index (χ4n) is 2.52. The molecule has 23 heavy (non-hydrogen) atoms. The molecule has 122 valence electrons. The number of nitrogens with zero attached hydrogens (tertiary/aromatic N) is 3. The van der Waals surface area contributed by atoms with Crippen molar-refractivity contribution < 1.29 is 14.1 Å². The van der Waals surface area contributed by atoms with E-state index < -0.39 is 0 Å². The van der Waals surface area contributed by atoms with Crippen molar-refractivity contribution in [2.75, 3.05) is 29.2 Å². The molecule has 0 bridgehead atoms. The van der Waals surface area contributed by atoms with Crippen LogP contribution >= 0.6 is 11.8 Å². The molecule has 6 nitrogen and oxygen atoms in total. The molecule has 1 saturated heterocycles. The summed E-state index contributed by atoms with van der Waals surface area (Å²) in [5, 5.41) is 8.84. The maximum Gasteiger partial charge on any atom is 0.305 e. The van der Waals surface area contributed by atoms with Gasteiger partial charge in [0.05, 0.1) is 23.6 Å². The van der Waals surface area contributed by atoms with Crippen molar-refractivity contribution in [2.24, 2.45) is 0 Å². The first-order chi connectivity index (χ1) is 11.3. The fraction of sp³-hybridized carbons (Fsp3) is 0.438. The molecule has 0 atom stereocenters. The predicted octanol–water partition coefficient (Wildman–Crippen LogP) is 1.96. The molecule has 2 heterocycles. The summed E-state index contributed by atoms with van der Waals surface area (Å²) in [7, 11) is 0. The zero-order chi connectivity index (χ0) is 15.9. The molecule has 0 aliphatic carbocycles. The summed E-state index contributed by atoms with van der Waals surface area (Å²) in [6.45, 7) is 1.94. The lowest BCUT2D eigenvalue weighted by Crippen LogP contribution is -2.60. The first-order valence-electron chi connectivity index (χ1n) is 7.87. The van der Waals surface area contributed by atoms with Crippen LogP contribution < -0.4 is 15.1 Å². The Bertz CT molecular complexity index is 626. The number of thioether (sulfide) groups is 1. The zero-order valence-corrected chi connectivity index (χ0v) is 13.8. The van der Waals surface area contributed by atoms with E-state index in [-0.39, 0.29) is 5.91 Å². The van der Waals surface area contributed by atoms with Crippen molar-refractivity contribution in [3.05, 3.63) is 42.1 Å². The third-order valence-electron chi connectivity index (χ3n) is 3.69. The number of aromatic nitrogens is 2. The van der Waals surface area contributed by atoms with Gasteiger partial charge in [-0.2, -0.15) is 5.01 Å². The summed E-state index contributed by atoms with van der Waals surface area (Å²) in [4.78, 5) is 13.6. The molecule has 7 heteroatoms. The van der Waals surface area contributed by atoms with Crippen molar-refractivity contribution in [1.82, 2.24) is 5.27 Å². The highest BCUT2D eigenvalue weighted by molar-refractivity contribution is 7.99. The second kappa shape index (κ2) is 8.01. The number of piperidine rings is 1. The van der Waals surface area contributed by atoms with Crippen LogP contribution in [0.15, 0.2) is 41.1 Å². The van der Waals surface area contributed by atoms with Crippen molar-refractivity contribution in [3.63, 3.8) is 0 Å². The van der Waals surface area contributed by atoms with Crippen LogP contribution in [-0.2, 0) is 10.5 Å². The Hall–Kier alpha value is -2.02. The van der Waals surface area contributed by atoms with Gasteiger partial charge < -0.3 is 0 Å². The number of rotatable bonds is 6. The van der Waals surface area contributed by atoms with Crippen LogP contribution in [0.2, 0.25) is 0 Å². The van der Waals surface area contributed by atoms with E-state index in [1.165, 1.54) is 12.0 Å². The van der Waals surface area contributed by atoms with E-state index in [2.05, 4.69) is 27.7 Å². The number of nitrogens with one attached hydrogen (secondary N) is 1. The van der Waals surface area contributed by atoms with E-state index in [1.807, 2.05) is 18.2 Å². The number of amides is 1. The summed E-state index contributed by atoms with van der Waals surface area (Å²) in [5.74, 6) is 1.52. The van der Waals surface area contributed by atoms with E-state index in [0.717, 1.165) is 31.7 Å². The highest BCUT2D eigenvalue weighted by Crippen LogP contribution is 2.12. The van der Waals surface area contributed by atoms with Crippen molar-refractivity contribution in [2.45, 2.75) is 25.0 Å². The van der Waals surface area contributed by atoms with Gasteiger partial charge in [0, 0.05) is 5.75 Å². The second-order valence-corrected chi connectivity index (χ2v) is 6.51. The first-order valence-corrected chi connectivity index (χ1v) is 9.02. The molecule has 1 N–H and O–H groups in total. The first kappa shape index (κ1) is 15.9. The summed E-state index contributed by atoms with van der Waals surface area (Å²) in [5.41, 5.74) is 1.22. The molecule has 1 fully saturated rings. The Morgan fingerprint density at radius 1 is 1.26 bits per heavy atom. The van der Waals surface area contributed by atoms with Crippen LogP contribution in [0, 0.1) is 0 Å². The van der Waals surface area contributed by atoms with E-state index in [9.17, 15) is 4.79 Å². The van der Waals surface area contributed by atoms with Crippen LogP contribution in [0.25, 0.3) is 0 Å². The summed E-state index contributed by atoms with van der Waals surface area (Å²) < 4.78 is 5.18. The van der Waals surface area contributed by atoms with Crippen molar-refractivity contribution in [1.29, 1.82) is 0 Å². The lowest BCUT2D eigenvalue weighted by molar-refractivity contribution is -0.759. The zero-order valence-electron chi connectivity index (χ0n) is 13.0. The van der Waals surface area contributed by atoms with E-state index in [0.29, 0.717) is 11.6 Å². The molecule has 0 saturated carbocycles. The molecule has 0 spiro atoms. The smallest absolute Gasteiger partial charge is 0.288 e. The molecular weight excluding hydrogens is 312 g/mol. The van der Waals surface area contributed by atoms with Crippen LogP contribution in [0.1, 0.15) is 24.8 Å². The maximum atomic E-state index is 11.9. The molecule has 0 unspecified atom stereocenters. The fourth-order valence-corrected chi connectivity index (χ4v) is 3.31. The van der Waals surface area contributed by atoms with Gasteiger partial charge in [0.2, 0.25) is 11.2 Å². The van der Waals surface area contributed by atoms with Gasteiger partial charge in [-0.15, -0.1) is 11.8 Å². The molecule has 1 aromatic carbocycles. The summed E-state index contributed by atoms with van der Waals surface area (Å²) in [6.07, 6.45) is 5.32. The highest BCUT2D eigenvalue weighted by Gasteiger charge is 2.23. The molecule has 2 aromatic rings. The normalized spacial score (nSPS) is 14.7. The Balaban J connectivity index is 1.43. The summed E-state index contributed by atoms with van der Waals surface area (Å²) in [6, 6.07) is 10.1. The Morgan fingerprint density at radius 2 is 2.04 bits per heavy atom. The summed E-state index contributed by atoms with van der Waals surface area (Å²) >= 11 is 1.58. The van der Waals surface area contributed by atoms with Crippen molar-refractivity contribution >= 4 is 23.6 Å². The lowest BCUT2D eigenvalue weighted by atomic mass is 10.2. The Morgan fingerprint density at radius 3 is 2.83 bits per heavy atom. The SMILES string of the molecule is O=C(CSCc1ccccc1)Nc1c[n+](N2CCCCC2)no1. The van der Waals surface area contributed by atoms with Gasteiger partial charge in [0.1, 0.15) is 0 Å². The topological polar surface area (TPSA) is 62.3 Å². The van der Waals surface area contributed by atoms with Gasteiger partial charge in [-0.25, -0.2) is 0 Å². The van der Waals surface area contributed by atoms with E-state index in [4.69, 9.17) is 4.52 Å². The Labute approximate surface area is 139 Å². The van der Waals surface area contributed by atoms with E-state index in [1.54, 1.807) is 22.7 Å². The van der Waals surface area contributed by atoms with Crippen molar-refractivity contribution in [3.8, 4) is 0 Å². The van der Waals surface area contributed by atoms with Gasteiger partial charge >= 0.3 is 5.88 Å². The van der Waals surface area contributed by atoms with Crippen LogP contribution in [-0.4, -0.2) is 30.0 Å². The minimum atomic E-state index is -0.0760. The number of carbonyl (C=O) groups excluding carboxylic acids is 1. The lowest BCUT2D eigenvalue weighted by Gasteiger charge is -2.17. The average Bonchev–Trinajstić information content (AvgIpc) is 3.05. The van der Waals surface area contributed by atoms with Gasteiger partial charge in [-0.1, -0.05) is 30.3 Å². The van der Waals surface area contributed by atoms with Crippen LogP contribution in [0.4, 0.5) is 5.88 Å². The van der Waals surface area contributed by atoms with E-state index >= 15 is 0 Å². The number of benzene rings is 1. The van der Waals surface area contributed by atoms with Gasteiger partial charge in [-0.3, -0.25) is 14.6 Å². The average molecular weight is 333 g/mol. The second-order valence-electron chi connectivity index (χ2n) is 5.53. The van der Waals surface area contributed by atoms with Crippen LogP contribution in [0.3, 0.4) is 0 Å². The standard InChI is InChI=1S/C16H20N4O2S/c21-15(13-23-12-14-7-3-1-4-8-14)17-16-11-20(18-22-16)19-9-5-2-6-10-19/h1,3-4,7-8,11H,2,5-6,9-10,12-13H2/p+1. The molecule has 1 aromatic heterocycles. The highest BCUT2D eigenvalue weighted by atomic mass is 32.2. The molecule has 1 aliphatic heterocycles. The predicted molar refractivity (Wildman–Crippen MR) is 89.7 cm³/mol. The third-order valence-corrected chi connectivity index (χ3v) is 4.69. The number of anilines is 1. The largest absolute Gasteiger partial charge is 0.305 e. The molecule has 3 rings (SSSR count). The van der Waals surface area contributed by atoms with Gasteiger partial charge in [0.25, 0.3) is 6.20 Å². The monoisotopic (exact) mass is 333 g/mol. The minimum absolute atomic E-state index is 0.0760. The number of hydrogen-bond donors (Lipinski definition) is 1. The number of carbonyl (C=O) groups is 1. The molecule has 1 aliphatic rings. The quantitative estimate of drug-likeness (QED) is 0.819. The Kier molecular flexibility index (Phi) is 5.52. The molecular formula is C16H21N4O2S+. The minimum Gasteiger partial charge on any atom is -0.288 e. The molecule has 1 amide bonds. The van der Waals surface area contributed by atoms with Crippen LogP contribution in [0.5, 0.6) is 0 Å². The third kappa shape index (κ3) is 4.72. The number of hydrogen-bond acceptors (Lipinski definition) is 5.